The number of pyridine rings is 1. The van der Waals surface area contributed by atoms with Crippen molar-refractivity contribution in [1.29, 1.82) is 0 Å². The van der Waals surface area contributed by atoms with Crippen LogP contribution in [0.5, 0.6) is 0 Å². The lowest BCUT2D eigenvalue weighted by atomic mass is 9.98. The number of piperidine rings is 1. The zero-order chi connectivity index (χ0) is 20.3. The van der Waals surface area contributed by atoms with E-state index in [1.807, 2.05) is 0 Å². The molecular formula is C17H17FN4O5S. The number of nitrogens with zero attached hydrogens (tertiary/aromatic N) is 3. The number of amides is 1. The Kier molecular flexibility index (Phi) is 5.66. The second-order valence-corrected chi connectivity index (χ2v) is 8.23. The van der Waals surface area contributed by atoms with Crippen molar-refractivity contribution >= 4 is 27.3 Å². The Morgan fingerprint density at radius 3 is 2.68 bits per heavy atom. The first-order chi connectivity index (χ1) is 13.3. The van der Waals surface area contributed by atoms with E-state index < -0.39 is 32.6 Å². The summed E-state index contributed by atoms with van der Waals surface area (Å²) in [4.78, 5) is 26.6. The fourth-order valence-electron chi connectivity index (χ4n) is 3.00. The van der Waals surface area contributed by atoms with Crippen LogP contribution in [0.1, 0.15) is 12.8 Å². The highest BCUT2D eigenvalue weighted by Gasteiger charge is 2.34. The molecule has 0 aliphatic carbocycles. The molecule has 11 heteroatoms. The molecule has 1 fully saturated rings. The third kappa shape index (κ3) is 4.15. The molecule has 1 aliphatic rings. The lowest BCUT2D eigenvalue weighted by Gasteiger charge is -2.31. The molecule has 0 radical (unpaired) electrons. The van der Waals surface area contributed by atoms with Gasteiger partial charge in [0.25, 0.3) is 0 Å². The van der Waals surface area contributed by atoms with Crippen LogP contribution in [0.4, 0.5) is 15.8 Å². The third-order valence-corrected chi connectivity index (χ3v) is 6.34. The standard InChI is InChI=1S/C17H17FN4O5S/c18-13-3-5-14(6-4-13)28(26,27)21-9-1-2-12(11-21)17(23)20-15-7-8-19-10-16(15)22(24)25/h3-8,10,12H,1-2,9,11H2,(H,19,20,23). The monoisotopic (exact) mass is 408 g/mol. The lowest BCUT2D eigenvalue weighted by Crippen LogP contribution is -2.43. The van der Waals surface area contributed by atoms with Crippen molar-refractivity contribution in [3.63, 3.8) is 0 Å². The summed E-state index contributed by atoms with van der Waals surface area (Å²) >= 11 is 0. The van der Waals surface area contributed by atoms with Crippen molar-refractivity contribution in [2.24, 2.45) is 5.92 Å². The molecule has 3 rings (SSSR count). The number of hydrogen-bond acceptors (Lipinski definition) is 6. The van der Waals surface area contributed by atoms with E-state index in [0.717, 1.165) is 18.3 Å². The zero-order valence-electron chi connectivity index (χ0n) is 14.6. The SMILES string of the molecule is O=C(Nc1ccncc1[N+](=O)[O-])C1CCCN(S(=O)(=O)c2ccc(F)cc2)C1. The van der Waals surface area contributed by atoms with Gasteiger partial charge in [0.05, 0.1) is 15.7 Å². The number of anilines is 1. The predicted octanol–water partition coefficient (Wildman–Crippen LogP) is 2.17. The molecule has 148 valence electrons. The zero-order valence-corrected chi connectivity index (χ0v) is 15.4. The second-order valence-electron chi connectivity index (χ2n) is 6.30. The first-order valence-electron chi connectivity index (χ1n) is 8.44. The van der Waals surface area contributed by atoms with E-state index in [4.69, 9.17) is 0 Å². The van der Waals surface area contributed by atoms with Gasteiger partial charge >= 0.3 is 5.69 Å². The minimum atomic E-state index is -3.87. The van der Waals surface area contributed by atoms with E-state index in [-0.39, 0.29) is 29.4 Å². The van der Waals surface area contributed by atoms with Crippen LogP contribution in [0, 0.1) is 21.8 Å². The Bertz CT molecular complexity index is 997. The molecule has 1 amide bonds. The van der Waals surface area contributed by atoms with Gasteiger partial charge in [0.1, 0.15) is 17.7 Å². The van der Waals surface area contributed by atoms with Crippen molar-refractivity contribution < 1.29 is 22.5 Å². The summed E-state index contributed by atoms with van der Waals surface area (Å²) in [5.74, 6) is -1.72. The number of aromatic nitrogens is 1. The summed E-state index contributed by atoms with van der Waals surface area (Å²) in [5, 5.41) is 13.5. The van der Waals surface area contributed by atoms with Gasteiger partial charge in [-0.1, -0.05) is 0 Å². The smallest absolute Gasteiger partial charge is 0.310 e. The van der Waals surface area contributed by atoms with Gasteiger partial charge in [0, 0.05) is 19.3 Å². The first-order valence-corrected chi connectivity index (χ1v) is 9.88. The molecule has 1 N–H and O–H groups in total. The summed E-state index contributed by atoms with van der Waals surface area (Å²) in [6.45, 7) is 0.170. The number of carbonyl (C=O) groups excluding carboxylic acids is 1. The fourth-order valence-corrected chi connectivity index (χ4v) is 4.53. The summed E-state index contributed by atoms with van der Waals surface area (Å²) < 4.78 is 39.7. The van der Waals surface area contributed by atoms with Crippen LogP contribution in [-0.4, -0.2) is 41.6 Å². The molecule has 1 aliphatic heterocycles. The van der Waals surface area contributed by atoms with Crippen LogP contribution in [0.3, 0.4) is 0 Å². The quantitative estimate of drug-likeness (QED) is 0.598. The van der Waals surface area contributed by atoms with Crippen molar-refractivity contribution in [3.8, 4) is 0 Å². The molecule has 2 heterocycles. The molecule has 0 spiro atoms. The van der Waals surface area contributed by atoms with E-state index in [9.17, 15) is 27.7 Å². The average Bonchev–Trinajstić information content (AvgIpc) is 2.68. The number of nitro groups is 1. The molecule has 1 aromatic carbocycles. The number of sulfonamides is 1. The maximum absolute atomic E-state index is 13.1. The number of halogens is 1. The topological polar surface area (TPSA) is 123 Å². The number of rotatable bonds is 5. The van der Waals surface area contributed by atoms with Crippen molar-refractivity contribution in [2.75, 3.05) is 18.4 Å². The second kappa shape index (κ2) is 7.98. The highest BCUT2D eigenvalue weighted by Crippen LogP contribution is 2.27. The van der Waals surface area contributed by atoms with E-state index in [2.05, 4.69) is 10.3 Å². The number of nitrogens with one attached hydrogen (secondary N) is 1. The predicted molar refractivity (Wildman–Crippen MR) is 97.4 cm³/mol. The van der Waals surface area contributed by atoms with Gasteiger partial charge in [-0.25, -0.2) is 12.8 Å². The molecule has 28 heavy (non-hydrogen) atoms. The average molecular weight is 408 g/mol. The van der Waals surface area contributed by atoms with Gasteiger partial charge in [-0.05, 0) is 43.2 Å². The van der Waals surface area contributed by atoms with E-state index in [1.54, 1.807) is 0 Å². The van der Waals surface area contributed by atoms with E-state index in [0.29, 0.717) is 12.8 Å². The summed E-state index contributed by atoms with van der Waals surface area (Å²) in [5.41, 5.74) is -0.342. The van der Waals surface area contributed by atoms with Crippen LogP contribution in [-0.2, 0) is 14.8 Å². The van der Waals surface area contributed by atoms with Crippen molar-refractivity contribution in [3.05, 3.63) is 58.7 Å². The minimum absolute atomic E-state index is 0.00325. The fraction of sp³-hybridized carbons (Fsp3) is 0.294. The molecule has 0 bridgehead atoms. The number of carbonyl (C=O) groups is 1. The summed E-state index contributed by atoms with van der Waals surface area (Å²) in [6, 6.07) is 5.78. The molecule has 2 aromatic rings. The van der Waals surface area contributed by atoms with Gasteiger partial charge in [-0.15, -0.1) is 0 Å². The summed E-state index contributed by atoms with van der Waals surface area (Å²) in [7, 11) is -3.87. The van der Waals surface area contributed by atoms with Crippen molar-refractivity contribution in [1.82, 2.24) is 9.29 Å². The van der Waals surface area contributed by atoms with Crippen LogP contribution in [0.15, 0.2) is 47.6 Å². The van der Waals surface area contributed by atoms with Gasteiger partial charge in [-0.2, -0.15) is 4.31 Å². The van der Waals surface area contributed by atoms with Gasteiger partial charge in [0.2, 0.25) is 15.9 Å². The Morgan fingerprint density at radius 1 is 1.29 bits per heavy atom. The Morgan fingerprint density at radius 2 is 2.00 bits per heavy atom. The molecule has 9 nitrogen and oxygen atoms in total. The largest absolute Gasteiger partial charge is 0.320 e. The van der Waals surface area contributed by atoms with E-state index in [1.165, 1.54) is 28.7 Å². The number of benzene rings is 1. The molecule has 0 saturated carbocycles. The normalized spacial score (nSPS) is 17.8. The lowest BCUT2D eigenvalue weighted by molar-refractivity contribution is -0.384. The molecule has 1 aromatic heterocycles. The Hall–Kier alpha value is -2.92. The summed E-state index contributed by atoms with van der Waals surface area (Å²) in [6.07, 6.45) is 3.24. The van der Waals surface area contributed by atoms with E-state index >= 15 is 0 Å². The minimum Gasteiger partial charge on any atom is -0.320 e. The van der Waals surface area contributed by atoms with Gasteiger partial charge < -0.3 is 5.32 Å². The van der Waals surface area contributed by atoms with Gasteiger partial charge in [0.15, 0.2) is 0 Å². The highest BCUT2D eigenvalue weighted by atomic mass is 32.2. The van der Waals surface area contributed by atoms with Gasteiger partial charge in [-0.3, -0.25) is 19.9 Å². The molecular weight excluding hydrogens is 391 g/mol. The molecule has 1 unspecified atom stereocenters. The maximum Gasteiger partial charge on any atom is 0.310 e. The third-order valence-electron chi connectivity index (χ3n) is 4.46. The van der Waals surface area contributed by atoms with Crippen molar-refractivity contribution in [2.45, 2.75) is 17.7 Å². The van der Waals surface area contributed by atoms with Crippen LogP contribution >= 0.6 is 0 Å². The first kappa shape index (κ1) is 19.8. The Labute approximate surface area is 160 Å². The van der Waals surface area contributed by atoms with Crippen LogP contribution < -0.4 is 5.32 Å². The van der Waals surface area contributed by atoms with Crippen LogP contribution in [0.25, 0.3) is 0 Å². The maximum atomic E-state index is 13.1. The van der Waals surface area contributed by atoms with Crippen LogP contribution in [0.2, 0.25) is 0 Å². The number of hydrogen-bond donors (Lipinski definition) is 1. The molecule has 1 atom stereocenters. The highest BCUT2D eigenvalue weighted by molar-refractivity contribution is 7.89. The Balaban J connectivity index is 1.75. The molecule has 1 saturated heterocycles.